The lowest BCUT2D eigenvalue weighted by Gasteiger charge is -2.27. The van der Waals surface area contributed by atoms with E-state index in [4.69, 9.17) is 23.8 Å². The predicted molar refractivity (Wildman–Crippen MR) is 129 cm³/mol. The Morgan fingerprint density at radius 2 is 1.65 bits per heavy atom. The monoisotopic (exact) mass is 466 g/mol. The van der Waals surface area contributed by atoms with E-state index in [-0.39, 0.29) is 12.1 Å². The summed E-state index contributed by atoms with van der Waals surface area (Å²) in [6.07, 6.45) is -0.369. The van der Waals surface area contributed by atoms with Crippen LogP contribution < -0.4 is 10.6 Å². The molecule has 2 aromatic carbocycles. The molecule has 0 radical (unpaired) electrons. The third kappa shape index (κ3) is 3.39. The number of nitrogens with one attached hydrogen (secondary N) is 2. The summed E-state index contributed by atoms with van der Waals surface area (Å²) in [6, 6.07) is 19.7. The fraction of sp³-hybridized carbons (Fsp3) is 0.130. The van der Waals surface area contributed by atoms with E-state index in [0.29, 0.717) is 13.9 Å². The van der Waals surface area contributed by atoms with Crippen molar-refractivity contribution in [3.8, 4) is 11.4 Å². The molecule has 0 spiro atoms. The molecule has 0 bridgehead atoms. The van der Waals surface area contributed by atoms with Gasteiger partial charge in [0.15, 0.2) is 3.95 Å². The molecule has 0 saturated carbocycles. The van der Waals surface area contributed by atoms with Crippen LogP contribution in [0.25, 0.3) is 11.4 Å². The van der Waals surface area contributed by atoms with Gasteiger partial charge in [-0.1, -0.05) is 41.1 Å². The first kappa shape index (κ1) is 20.1. The second-order valence-corrected chi connectivity index (χ2v) is 9.49. The molecule has 0 aliphatic carbocycles. The number of rotatable bonds is 3. The summed E-state index contributed by atoms with van der Waals surface area (Å²) in [5.74, 6) is 0.604. The lowest BCUT2D eigenvalue weighted by Crippen LogP contribution is -2.38. The van der Waals surface area contributed by atoms with Crippen molar-refractivity contribution >= 4 is 46.9 Å². The average Bonchev–Trinajstić information content (AvgIpc) is 3.25. The second kappa shape index (κ2) is 7.67. The van der Waals surface area contributed by atoms with Gasteiger partial charge >= 0.3 is 0 Å². The Bertz CT molecular complexity index is 1350. The quantitative estimate of drug-likeness (QED) is 0.354. The van der Waals surface area contributed by atoms with E-state index in [1.54, 1.807) is 0 Å². The van der Waals surface area contributed by atoms with Crippen molar-refractivity contribution in [3.05, 3.63) is 91.5 Å². The lowest BCUT2D eigenvalue weighted by molar-refractivity contribution is 0.0939. The van der Waals surface area contributed by atoms with E-state index >= 15 is 0 Å². The van der Waals surface area contributed by atoms with E-state index < -0.39 is 0 Å². The van der Waals surface area contributed by atoms with E-state index in [1.165, 1.54) is 11.3 Å². The van der Waals surface area contributed by atoms with E-state index in [2.05, 4.69) is 35.1 Å². The molecule has 1 aliphatic heterocycles. The Kier molecular flexibility index (Phi) is 4.97. The summed E-state index contributed by atoms with van der Waals surface area (Å²) in [7, 11) is 0. The SMILES string of the molecule is Cc1cc([C@H]2NC(=O)c3sc(=S)n(-c4ccccc4)c3N2)c(C)n1-c1ccc(Cl)cc1. The maximum atomic E-state index is 13.0. The van der Waals surface area contributed by atoms with Crippen LogP contribution in [0.15, 0.2) is 60.7 Å². The molecular formula is C23H19ClN4OS2. The number of halogens is 1. The number of thiazole rings is 1. The van der Waals surface area contributed by atoms with Gasteiger partial charge in [0.25, 0.3) is 5.91 Å². The topological polar surface area (TPSA) is 51.0 Å². The molecule has 1 atom stereocenters. The number of nitrogens with zero attached hydrogens (tertiary/aromatic N) is 2. The summed E-state index contributed by atoms with van der Waals surface area (Å²) in [4.78, 5) is 13.5. The van der Waals surface area contributed by atoms with Crippen LogP contribution in [-0.2, 0) is 0 Å². The van der Waals surface area contributed by atoms with Crippen molar-refractivity contribution in [2.24, 2.45) is 0 Å². The normalized spacial score (nSPS) is 15.3. The smallest absolute Gasteiger partial charge is 0.267 e. The number of amides is 1. The Morgan fingerprint density at radius 1 is 0.968 bits per heavy atom. The fourth-order valence-electron chi connectivity index (χ4n) is 4.06. The number of carbonyl (C=O) groups excluding carboxylic acids is 1. The molecule has 0 saturated heterocycles. The number of fused-ring (bicyclic) bond motifs is 1. The number of carbonyl (C=O) groups is 1. The first-order chi connectivity index (χ1) is 14.9. The molecule has 1 amide bonds. The number of hydrogen-bond donors (Lipinski definition) is 2. The van der Waals surface area contributed by atoms with Gasteiger partial charge in [0.1, 0.15) is 16.9 Å². The van der Waals surface area contributed by atoms with Crippen molar-refractivity contribution in [1.29, 1.82) is 0 Å². The fourth-order valence-corrected chi connectivity index (χ4v) is 5.50. The number of anilines is 1. The molecular weight excluding hydrogens is 448 g/mol. The molecule has 2 aromatic heterocycles. The highest BCUT2D eigenvalue weighted by Gasteiger charge is 2.31. The molecule has 8 heteroatoms. The van der Waals surface area contributed by atoms with Gasteiger partial charge in [0.2, 0.25) is 0 Å². The van der Waals surface area contributed by atoms with Crippen molar-refractivity contribution in [1.82, 2.24) is 14.5 Å². The molecule has 1 aliphatic rings. The summed E-state index contributed by atoms with van der Waals surface area (Å²) in [5.41, 5.74) is 5.07. The molecule has 5 rings (SSSR count). The molecule has 31 heavy (non-hydrogen) atoms. The van der Waals surface area contributed by atoms with Gasteiger partial charge in [0, 0.05) is 33.3 Å². The molecule has 156 valence electrons. The van der Waals surface area contributed by atoms with Gasteiger partial charge in [-0.3, -0.25) is 9.36 Å². The molecule has 2 N–H and O–H groups in total. The summed E-state index contributed by atoms with van der Waals surface area (Å²) in [5, 5.41) is 7.30. The Hall–Kier alpha value is -2.87. The Morgan fingerprint density at radius 3 is 2.35 bits per heavy atom. The van der Waals surface area contributed by atoms with Gasteiger partial charge in [0.05, 0.1) is 0 Å². The van der Waals surface area contributed by atoms with Gasteiger partial charge in [-0.2, -0.15) is 0 Å². The van der Waals surface area contributed by atoms with Crippen LogP contribution in [0.4, 0.5) is 5.82 Å². The molecule has 0 unspecified atom stereocenters. The van der Waals surface area contributed by atoms with Crippen LogP contribution in [0.3, 0.4) is 0 Å². The first-order valence-corrected chi connectivity index (χ1v) is 11.4. The Balaban J connectivity index is 1.58. The summed E-state index contributed by atoms with van der Waals surface area (Å²) >= 11 is 13.0. The van der Waals surface area contributed by atoms with E-state index in [0.717, 1.165) is 34.1 Å². The number of para-hydroxylation sites is 1. The van der Waals surface area contributed by atoms with Crippen molar-refractivity contribution in [3.63, 3.8) is 0 Å². The highest BCUT2D eigenvalue weighted by atomic mass is 35.5. The second-order valence-electron chi connectivity index (χ2n) is 7.41. The van der Waals surface area contributed by atoms with Crippen molar-refractivity contribution in [2.75, 3.05) is 5.32 Å². The van der Waals surface area contributed by atoms with Gasteiger partial charge < -0.3 is 15.2 Å². The minimum absolute atomic E-state index is 0.124. The zero-order valence-electron chi connectivity index (χ0n) is 16.8. The maximum absolute atomic E-state index is 13.0. The summed E-state index contributed by atoms with van der Waals surface area (Å²) < 4.78 is 4.72. The summed E-state index contributed by atoms with van der Waals surface area (Å²) in [6.45, 7) is 4.11. The Labute approximate surface area is 193 Å². The molecule has 5 nitrogen and oxygen atoms in total. The van der Waals surface area contributed by atoms with Crippen LogP contribution >= 0.6 is 35.2 Å². The van der Waals surface area contributed by atoms with Crippen LogP contribution in [-0.4, -0.2) is 15.0 Å². The first-order valence-electron chi connectivity index (χ1n) is 9.77. The zero-order valence-corrected chi connectivity index (χ0v) is 19.2. The predicted octanol–water partition coefficient (Wildman–Crippen LogP) is 6.18. The van der Waals surface area contributed by atoms with Gasteiger partial charge in [-0.25, -0.2) is 0 Å². The highest BCUT2D eigenvalue weighted by molar-refractivity contribution is 7.73. The zero-order chi connectivity index (χ0) is 21.7. The third-order valence-electron chi connectivity index (χ3n) is 5.45. The lowest BCUT2D eigenvalue weighted by atomic mass is 10.1. The number of hydrogen-bond acceptors (Lipinski definition) is 4. The standard InChI is InChI=1S/C23H19ClN4OS2/c1-13-12-18(14(2)27(13)17-10-8-15(24)9-11-17)20-25-21-19(22(29)26-20)31-23(30)28(21)16-6-4-3-5-7-16/h3-12,20,25H,1-2H3,(H,26,29)/t20-/m1/s1. The van der Waals surface area contributed by atoms with E-state index in [9.17, 15) is 4.79 Å². The number of aromatic nitrogens is 2. The van der Waals surface area contributed by atoms with Crippen LogP contribution in [0, 0.1) is 17.8 Å². The minimum Gasteiger partial charge on any atom is -0.346 e. The number of benzene rings is 2. The average molecular weight is 467 g/mol. The van der Waals surface area contributed by atoms with Gasteiger partial charge in [-0.15, -0.1) is 0 Å². The largest absolute Gasteiger partial charge is 0.346 e. The number of aryl methyl sites for hydroxylation is 1. The van der Waals surface area contributed by atoms with Gasteiger partial charge in [-0.05, 0) is 68.5 Å². The molecule has 0 fully saturated rings. The highest BCUT2D eigenvalue weighted by Crippen LogP contribution is 2.36. The van der Waals surface area contributed by atoms with Crippen molar-refractivity contribution < 1.29 is 4.79 Å². The van der Waals surface area contributed by atoms with Crippen LogP contribution in [0.1, 0.15) is 32.8 Å². The van der Waals surface area contributed by atoms with Crippen LogP contribution in [0.5, 0.6) is 0 Å². The molecule has 4 aromatic rings. The minimum atomic E-state index is -0.369. The molecule has 3 heterocycles. The van der Waals surface area contributed by atoms with E-state index in [1.807, 2.05) is 59.2 Å². The third-order valence-corrected chi connectivity index (χ3v) is 7.08. The van der Waals surface area contributed by atoms with Crippen LogP contribution in [0.2, 0.25) is 5.02 Å². The van der Waals surface area contributed by atoms with Crippen molar-refractivity contribution in [2.45, 2.75) is 20.0 Å². The maximum Gasteiger partial charge on any atom is 0.267 e.